The van der Waals surface area contributed by atoms with Crippen LogP contribution in [0, 0.1) is 0 Å². The van der Waals surface area contributed by atoms with Gasteiger partial charge in [0.05, 0.1) is 25.7 Å². The van der Waals surface area contributed by atoms with Crippen LogP contribution < -0.4 is 14.8 Å². The molecule has 0 saturated heterocycles. The van der Waals surface area contributed by atoms with E-state index in [0.29, 0.717) is 22.6 Å². The van der Waals surface area contributed by atoms with E-state index in [1.165, 1.54) is 52.6 Å². The monoisotopic (exact) mass is 518 g/mol. The fourth-order valence-electron chi connectivity index (χ4n) is 3.26. The maximum atomic E-state index is 13.0. The number of benzene rings is 2. The van der Waals surface area contributed by atoms with Crippen LogP contribution in [-0.2, 0) is 14.8 Å². The number of thiophene rings is 1. The van der Waals surface area contributed by atoms with Gasteiger partial charge in [0.15, 0.2) is 11.5 Å². The average molecular weight is 519 g/mol. The van der Waals surface area contributed by atoms with Crippen LogP contribution in [0.4, 0.5) is 5.00 Å². The molecular formula is C24H26N2O7S2. The number of hydrogen-bond donors (Lipinski definition) is 1. The Morgan fingerprint density at radius 2 is 1.74 bits per heavy atom. The number of anilines is 1. The van der Waals surface area contributed by atoms with Crippen LogP contribution in [0.2, 0.25) is 0 Å². The topological polar surface area (TPSA) is 111 Å². The van der Waals surface area contributed by atoms with E-state index in [1.54, 1.807) is 30.5 Å². The summed E-state index contributed by atoms with van der Waals surface area (Å²) in [5.74, 6) is -0.148. The molecular weight excluding hydrogens is 492 g/mol. The van der Waals surface area contributed by atoms with Crippen molar-refractivity contribution in [2.45, 2.75) is 11.8 Å². The maximum Gasteiger partial charge on any atom is 0.341 e. The molecule has 3 rings (SSSR count). The van der Waals surface area contributed by atoms with Crippen molar-refractivity contribution in [2.24, 2.45) is 0 Å². The van der Waals surface area contributed by atoms with Crippen LogP contribution in [0.3, 0.4) is 0 Å². The number of carbonyl (C=O) groups excluding carboxylic acids is 2. The molecule has 186 valence electrons. The van der Waals surface area contributed by atoms with Crippen molar-refractivity contribution in [1.29, 1.82) is 0 Å². The SMILES string of the molecule is CCOC(=O)c1c(-c2ccc(OC)c(OC)c2)csc1NC(=O)c1cccc(S(=O)(=O)N(C)C)c1. The molecule has 1 heterocycles. The van der Waals surface area contributed by atoms with Gasteiger partial charge in [-0.3, -0.25) is 4.79 Å². The third-order valence-corrected chi connectivity index (χ3v) is 7.77. The minimum Gasteiger partial charge on any atom is -0.493 e. The summed E-state index contributed by atoms with van der Waals surface area (Å²) in [6.07, 6.45) is 0. The molecule has 1 N–H and O–H groups in total. The Kier molecular flexibility index (Phi) is 8.15. The summed E-state index contributed by atoms with van der Waals surface area (Å²) < 4.78 is 41.9. The zero-order valence-electron chi connectivity index (χ0n) is 19.9. The zero-order chi connectivity index (χ0) is 25.8. The fourth-order valence-corrected chi connectivity index (χ4v) is 5.16. The van der Waals surface area contributed by atoms with Gasteiger partial charge in [0.25, 0.3) is 5.91 Å². The summed E-state index contributed by atoms with van der Waals surface area (Å²) in [6, 6.07) is 10.9. The highest BCUT2D eigenvalue weighted by Crippen LogP contribution is 2.39. The Balaban J connectivity index is 2.02. The molecule has 1 amide bonds. The lowest BCUT2D eigenvalue weighted by atomic mass is 10.0. The van der Waals surface area contributed by atoms with Gasteiger partial charge in [0.2, 0.25) is 10.0 Å². The number of nitrogens with zero attached hydrogens (tertiary/aromatic N) is 1. The largest absolute Gasteiger partial charge is 0.493 e. The number of ether oxygens (including phenoxy) is 3. The second kappa shape index (κ2) is 10.9. The molecule has 35 heavy (non-hydrogen) atoms. The lowest BCUT2D eigenvalue weighted by Crippen LogP contribution is -2.23. The van der Waals surface area contributed by atoms with Crippen LogP contribution in [0.15, 0.2) is 52.7 Å². The van der Waals surface area contributed by atoms with E-state index in [2.05, 4.69) is 5.32 Å². The third-order valence-electron chi connectivity index (χ3n) is 5.07. The van der Waals surface area contributed by atoms with Crippen LogP contribution in [0.5, 0.6) is 11.5 Å². The number of rotatable bonds is 9. The molecule has 0 saturated carbocycles. The Bertz CT molecular complexity index is 1350. The van der Waals surface area contributed by atoms with Gasteiger partial charge in [0, 0.05) is 30.6 Å². The first-order chi connectivity index (χ1) is 16.6. The van der Waals surface area contributed by atoms with Gasteiger partial charge < -0.3 is 19.5 Å². The molecule has 1 aromatic heterocycles. The number of esters is 1. The van der Waals surface area contributed by atoms with Crippen molar-refractivity contribution in [3.05, 3.63) is 59.0 Å². The van der Waals surface area contributed by atoms with Crippen molar-refractivity contribution in [2.75, 3.05) is 40.2 Å². The van der Waals surface area contributed by atoms with E-state index in [-0.39, 0.29) is 27.6 Å². The second-order valence-corrected chi connectivity index (χ2v) is 10.4. The van der Waals surface area contributed by atoms with Gasteiger partial charge in [-0.1, -0.05) is 12.1 Å². The number of amides is 1. The molecule has 0 aliphatic rings. The van der Waals surface area contributed by atoms with E-state index in [9.17, 15) is 18.0 Å². The summed E-state index contributed by atoms with van der Waals surface area (Å²) in [6.45, 7) is 1.84. The van der Waals surface area contributed by atoms with Crippen LogP contribution in [-0.4, -0.2) is 59.5 Å². The number of nitrogens with one attached hydrogen (secondary N) is 1. The number of hydrogen-bond acceptors (Lipinski definition) is 8. The maximum absolute atomic E-state index is 13.0. The van der Waals surface area contributed by atoms with Gasteiger partial charge in [-0.2, -0.15) is 0 Å². The minimum absolute atomic E-state index is 0.0158. The van der Waals surface area contributed by atoms with E-state index < -0.39 is 21.9 Å². The summed E-state index contributed by atoms with van der Waals surface area (Å²) >= 11 is 1.15. The van der Waals surface area contributed by atoms with Crippen molar-refractivity contribution in [1.82, 2.24) is 4.31 Å². The molecule has 0 unspecified atom stereocenters. The molecule has 0 aliphatic heterocycles. The van der Waals surface area contributed by atoms with Gasteiger partial charge in [-0.05, 0) is 42.8 Å². The normalized spacial score (nSPS) is 11.3. The molecule has 0 atom stereocenters. The predicted molar refractivity (Wildman–Crippen MR) is 134 cm³/mol. The summed E-state index contributed by atoms with van der Waals surface area (Å²) in [7, 11) is 2.14. The highest BCUT2D eigenvalue weighted by Gasteiger charge is 2.25. The van der Waals surface area contributed by atoms with Crippen molar-refractivity contribution in [3.63, 3.8) is 0 Å². The highest BCUT2D eigenvalue weighted by molar-refractivity contribution is 7.89. The molecule has 0 bridgehead atoms. The summed E-state index contributed by atoms with van der Waals surface area (Å²) in [5, 5.41) is 4.74. The van der Waals surface area contributed by atoms with Crippen LogP contribution in [0.25, 0.3) is 11.1 Å². The Labute approximate surface area is 208 Å². The van der Waals surface area contributed by atoms with Crippen LogP contribution >= 0.6 is 11.3 Å². The summed E-state index contributed by atoms with van der Waals surface area (Å²) in [4.78, 5) is 25.9. The number of sulfonamides is 1. The van der Waals surface area contributed by atoms with E-state index in [1.807, 2.05) is 0 Å². The third kappa shape index (κ3) is 5.47. The first kappa shape index (κ1) is 26.2. The van der Waals surface area contributed by atoms with Crippen molar-refractivity contribution >= 4 is 38.2 Å². The highest BCUT2D eigenvalue weighted by atomic mass is 32.2. The van der Waals surface area contributed by atoms with Gasteiger partial charge in [-0.25, -0.2) is 17.5 Å². The lowest BCUT2D eigenvalue weighted by molar-refractivity contribution is 0.0529. The Hall–Kier alpha value is -3.41. The van der Waals surface area contributed by atoms with Crippen molar-refractivity contribution < 1.29 is 32.2 Å². The predicted octanol–water partition coefficient (Wildman–Crippen LogP) is 4.11. The minimum atomic E-state index is -3.72. The van der Waals surface area contributed by atoms with E-state index in [4.69, 9.17) is 14.2 Å². The molecule has 3 aromatic rings. The Morgan fingerprint density at radius 3 is 2.37 bits per heavy atom. The van der Waals surface area contributed by atoms with Crippen LogP contribution in [0.1, 0.15) is 27.6 Å². The zero-order valence-corrected chi connectivity index (χ0v) is 21.6. The van der Waals surface area contributed by atoms with Gasteiger partial charge in [-0.15, -0.1) is 11.3 Å². The molecule has 0 radical (unpaired) electrons. The number of methoxy groups -OCH3 is 2. The van der Waals surface area contributed by atoms with Gasteiger partial charge in [0.1, 0.15) is 10.6 Å². The first-order valence-corrected chi connectivity index (χ1v) is 12.8. The standard InChI is InChI=1S/C24H26N2O7S2/c1-6-33-24(28)21-18(15-10-11-19(31-4)20(13-15)32-5)14-34-23(21)25-22(27)16-8-7-9-17(12-16)35(29,30)26(2)3/h7-14H,6H2,1-5H3,(H,25,27). The van der Waals surface area contributed by atoms with Gasteiger partial charge >= 0.3 is 5.97 Å². The smallest absolute Gasteiger partial charge is 0.341 e. The average Bonchev–Trinajstić information content (AvgIpc) is 3.27. The van der Waals surface area contributed by atoms with E-state index in [0.717, 1.165) is 15.6 Å². The molecule has 0 spiro atoms. The second-order valence-electron chi connectivity index (χ2n) is 7.41. The molecule has 0 aliphatic carbocycles. The molecule has 0 fully saturated rings. The molecule has 2 aromatic carbocycles. The van der Waals surface area contributed by atoms with E-state index >= 15 is 0 Å². The molecule has 11 heteroatoms. The first-order valence-electron chi connectivity index (χ1n) is 10.5. The lowest BCUT2D eigenvalue weighted by Gasteiger charge is -2.13. The summed E-state index contributed by atoms with van der Waals surface area (Å²) in [5.41, 5.74) is 1.54. The fraction of sp³-hybridized carbons (Fsp3) is 0.250. The number of carbonyl (C=O) groups is 2. The molecule has 9 nitrogen and oxygen atoms in total. The quantitative estimate of drug-likeness (QED) is 0.424. The van der Waals surface area contributed by atoms with Crippen molar-refractivity contribution in [3.8, 4) is 22.6 Å². The Morgan fingerprint density at radius 1 is 1.03 bits per heavy atom.